The van der Waals surface area contributed by atoms with Gasteiger partial charge in [0.25, 0.3) is 5.92 Å². The number of alkyl halides is 2. The summed E-state index contributed by atoms with van der Waals surface area (Å²) in [5.74, 6) is -3.56. The van der Waals surface area contributed by atoms with Crippen molar-refractivity contribution in [3.63, 3.8) is 0 Å². The Kier molecular flexibility index (Phi) is 7.78. The van der Waals surface area contributed by atoms with Crippen molar-refractivity contribution in [3.05, 3.63) is 53.5 Å². The third-order valence-corrected chi connectivity index (χ3v) is 7.98. The number of aryl methyl sites for hydroxylation is 1. The van der Waals surface area contributed by atoms with E-state index in [1.54, 1.807) is 30.3 Å². The molecule has 0 bridgehead atoms. The van der Waals surface area contributed by atoms with Crippen LogP contribution in [0.3, 0.4) is 0 Å². The van der Waals surface area contributed by atoms with Crippen LogP contribution in [0.25, 0.3) is 11.3 Å². The first-order chi connectivity index (χ1) is 16.6. The second-order valence-electron chi connectivity index (χ2n) is 10.0. The minimum Gasteiger partial charge on any atom is -0.390 e. The van der Waals surface area contributed by atoms with Gasteiger partial charge < -0.3 is 10.0 Å². The van der Waals surface area contributed by atoms with Gasteiger partial charge in [0.1, 0.15) is 11.9 Å². The molecule has 2 unspecified atom stereocenters. The average molecular weight is 508 g/mol. The number of nitrogens with zero attached hydrogens (tertiary/aromatic N) is 2. The molecule has 5 nitrogen and oxygen atoms in total. The number of hydrogen-bond acceptors (Lipinski definition) is 5. The lowest BCUT2D eigenvalue weighted by molar-refractivity contribution is -0.120. The number of nitrogens with one attached hydrogen (secondary N) is 1. The summed E-state index contributed by atoms with van der Waals surface area (Å²) in [5, 5.41) is 9.25. The molecule has 190 valence electrons. The quantitative estimate of drug-likeness (QED) is 0.412. The van der Waals surface area contributed by atoms with Gasteiger partial charge in [0.2, 0.25) is 6.41 Å². The monoisotopic (exact) mass is 507 g/mol. The lowest BCUT2D eigenvalue weighted by Gasteiger charge is -2.31. The van der Waals surface area contributed by atoms with Crippen molar-refractivity contribution in [2.24, 2.45) is 0 Å². The first-order valence-corrected chi connectivity index (χ1v) is 12.9. The van der Waals surface area contributed by atoms with Crippen molar-refractivity contribution in [1.29, 1.82) is 0 Å². The van der Waals surface area contributed by atoms with Crippen LogP contribution in [0, 0.1) is 12.7 Å². The number of hydrogen-bond donors (Lipinski definition) is 2. The fourth-order valence-electron chi connectivity index (χ4n) is 4.34. The molecule has 2 heterocycles. The number of aromatic nitrogens is 1. The van der Waals surface area contributed by atoms with Crippen LogP contribution in [-0.4, -0.2) is 56.8 Å². The summed E-state index contributed by atoms with van der Waals surface area (Å²) in [4.78, 5) is 16.9. The molecule has 1 amide bonds. The highest BCUT2D eigenvalue weighted by atomic mass is 32.2. The first kappa shape index (κ1) is 26.0. The SMILES string of the molecule is CC1(O)CCC1.Cc1cccc(-c2cccc(CC3C(NSC4CC4)C(F)(F)CN3C=O)c2F)n1. The Balaban J connectivity index is 0.000000421. The Bertz CT molecular complexity index is 1040. The van der Waals surface area contributed by atoms with Crippen molar-refractivity contribution < 1.29 is 23.1 Å². The number of halogens is 3. The molecule has 5 rings (SSSR count). The number of carbonyl (C=O) groups is 1. The van der Waals surface area contributed by atoms with Crippen molar-refractivity contribution in [3.8, 4) is 11.3 Å². The first-order valence-electron chi connectivity index (χ1n) is 12.0. The highest BCUT2D eigenvalue weighted by molar-refractivity contribution is 7.98. The summed E-state index contributed by atoms with van der Waals surface area (Å²) in [7, 11) is 0. The van der Waals surface area contributed by atoms with Crippen LogP contribution < -0.4 is 4.72 Å². The standard InChI is InChI=1S/C21H22F3N3OS.C5H10O/c1-13-4-2-7-17(25-13)16-6-3-5-14(19(16)22)10-18-20(26-29-15-8-9-15)21(23,24)11-27(18)12-28;1-5(6)3-2-4-5/h2-7,12,15,18,20,26H,8-11H2,1H3;6H,2-4H2,1H3. The van der Waals surface area contributed by atoms with E-state index in [1.165, 1.54) is 18.4 Å². The van der Waals surface area contributed by atoms with Crippen LogP contribution in [0.4, 0.5) is 13.2 Å². The molecule has 2 aromatic rings. The van der Waals surface area contributed by atoms with Gasteiger partial charge in [-0.3, -0.25) is 14.5 Å². The van der Waals surface area contributed by atoms with Gasteiger partial charge in [-0.05, 0) is 76.1 Å². The van der Waals surface area contributed by atoms with Gasteiger partial charge in [-0.1, -0.05) is 30.1 Å². The Morgan fingerprint density at radius 2 is 1.91 bits per heavy atom. The Morgan fingerprint density at radius 3 is 2.49 bits per heavy atom. The van der Waals surface area contributed by atoms with E-state index in [4.69, 9.17) is 5.11 Å². The van der Waals surface area contributed by atoms with E-state index in [2.05, 4.69) is 9.71 Å². The van der Waals surface area contributed by atoms with Crippen LogP contribution in [0.15, 0.2) is 36.4 Å². The van der Waals surface area contributed by atoms with Crippen LogP contribution >= 0.6 is 11.9 Å². The molecule has 1 aliphatic heterocycles. The number of rotatable bonds is 7. The van der Waals surface area contributed by atoms with E-state index in [0.29, 0.717) is 28.5 Å². The third kappa shape index (κ3) is 6.37. The average Bonchev–Trinajstić information content (AvgIpc) is 3.58. The maximum absolute atomic E-state index is 15.3. The zero-order valence-electron chi connectivity index (χ0n) is 20.0. The fourth-order valence-corrected chi connectivity index (χ4v) is 5.39. The molecule has 0 spiro atoms. The van der Waals surface area contributed by atoms with Gasteiger partial charge in [-0.2, -0.15) is 0 Å². The lowest BCUT2D eigenvalue weighted by atomic mass is 9.82. The van der Waals surface area contributed by atoms with Gasteiger partial charge in [0.05, 0.1) is 23.9 Å². The number of likely N-dealkylation sites (tertiary alicyclic amines) is 1. The zero-order valence-corrected chi connectivity index (χ0v) is 20.8. The van der Waals surface area contributed by atoms with Crippen LogP contribution in [0.5, 0.6) is 0 Å². The van der Waals surface area contributed by atoms with Gasteiger partial charge in [0.15, 0.2) is 0 Å². The zero-order chi connectivity index (χ0) is 25.2. The molecule has 2 N–H and O–H groups in total. The summed E-state index contributed by atoms with van der Waals surface area (Å²) >= 11 is 1.30. The highest BCUT2D eigenvalue weighted by Gasteiger charge is 2.54. The predicted octanol–water partition coefficient (Wildman–Crippen LogP) is 4.90. The lowest BCUT2D eigenvalue weighted by Crippen LogP contribution is -2.47. The van der Waals surface area contributed by atoms with E-state index in [0.717, 1.165) is 36.3 Å². The maximum Gasteiger partial charge on any atom is 0.283 e. The Hall–Kier alpha value is -2.10. The maximum atomic E-state index is 15.3. The second-order valence-corrected chi connectivity index (χ2v) is 11.2. The molecule has 2 saturated carbocycles. The molecule has 3 fully saturated rings. The predicted molar refractivity (Wildman–Crippen MR) is 132 cm³/mol. The smallest absolute Gasteiger partial charge is 0.283 e. The van der Waals surface area contributed by atoms with Gasteiger partial charge >= 0.3 is 0 Å². The summed E-state index contributed by atoms with van der Waals surface area (Å²) in [6, 6.07) is 8.18. The third-order valence-electron chi connectivity index (χ3n) is 6.78. The molecule has 35 heavy (non-hydrogen) atoms. The molecule has 1 aromatic carbocycles. The topological polar surface area (TPSA) is 65.5 Å². The van der Waals surface area contributed by atoms with Gasteiger partial charge in [-0.25, -0.2) is 13.2 Å². The van der Waals surface area contributed by atoms with Crippen molar-refractivity contribution in [2.75, 3.05) is 6.54 Å². The van der Waals surface area contributed by atoms with E-state index in [-0.39, 0.29) is 12.0 Å². The molecule has 2 aliphatic carbocycles. The molecule has 3 aliphatic rings. The Labute approximate surface area is 208 Å². The molecule has 9 heteroatoms. The van der Waals surface area contributed by atoms with Gasteiger partial charge in [-0.15, -0.1) is 0 Å². The number of amides is 1. The van der Waals surface area contributed by atoms with Crippen molar-refractivity contribution >= 4 is 18.4 Å². The summed E-state index contributed by atoms with van der Waals surface area (Å²) in [5.41, 5.74) is 1.59. The van der Waals surface area contributed by atoms with Crippen LogP contribution in [0.2, 0.25) is 0 Å². The second kappa shape index (κ2) is 10.5. The molecule has 1 saturated heterocycles. The summed E-state index contributed by atoms with van der Waals surface area (Å²) in [6.07, 6.45) is 5.66. The minimum absolute atomic E-state index is 0.00269. The van der Waals surface area contributed by atoms with E-state index >= 15 is 4.39 Å². The summed E-state index contributed by atoms with van der Waals surface area (Å²) in [6.45, 7) is 3.04. The van der Waals surface area contributed by atoms with Gasteiger partial charge in [0, 0.05) is 16.5 Å². The molecular weight excluding hydrogens is 475 g/mol. The number of benzene rings is 1. The molecule has 2 atom stereocenters. The highest BCUT2D eigenvalue weighted by Crippen LogP contribution is 2.39. The van der Waals surface area contributed by atoms with Crippen LogP contribution in [-0.2, 0) is 11.2 Å². The number of pyridine rings is 1. The molecule has 1 aromatic heterocycles. The van der Waals surface area contributed by atoms with E-state index < -0.39 is 30.4 Å². The van der Waals surface area contributed by atoms with Crippen LogP contribution in [0.1, 0.15) is 50.3 Å². The number of aliphatic hydroxyl groups is 1. The minimum atomic E-state index is -3.07. The fraction of sp³-hybridized carbons (Fsp3) is 0.538. The van der Waals surface area contributed by atoms with E-state index in [1.807, 2.05) is 19.9 Å². The van der Waals surface area contributed by atoms with Crippen molar-refractivity contribution in [1.82, 2.24) is 14.6 Å². The molecule has 0 radical (unpaired) electrons. The normalized spacial score (nSPS) is 24.3. The largest absolute Gasteiger partial charge is 0.390 e. The van der Waals surface area contributed by atoms with Crippen molar-refractivity contribution in [2.45, 2.75) is 81.2 Å². The van der Waals surface area contributed by atoms with E-state index in [9.17, 15) is 13.6 Å². The summed E-state index contributed by atoms with van der Waals surface area (Å²) < 4.78 is 47.3. The number of carbonyl (C=O) groups excluding carboxylic acids is 1. The molecular formula is C26H32F3N3O2S. The Morgan fingerprint density at radius 1 is 1.23 bits per heavy atom.